The number of carbonyl (C=O) groups excluding carboxylic acids is 2. The van der Waals surface area contributed by atoms with Gasteiger partial charge in [-0.1, -0.05) is 54.3 Å². The highest BCUT2D eigenvalue weighted by Crippen LogP contribution is 2.31. The van der Waals surface area contributed by atoms with Gasteiger partial charge in [-0.05, 0) is 53.2 Å². The van der Waals surface area contributed by atoms with E-state index in [4.69, 9.17) is 56.6 Å². The van der Waals surface area contributed by atoms with Gasteiger partial charge in [-0.2, -0.15) is 5.06 Å². The van der Waals surface area contributed by atoms with Crippen LogP contribution in [-0.2, 0) is 21.0 Å². The van der Waals surface area contributed by atoms with Crippen molar-refractivity contribution in [2.75, 3.05) is 18.8 Å². The molecule has 0 aromatic heterocycles. The smallest absolute Gasteiger partial charge is 0.437 e. The molecule has 2 heterocycles. The van der Waals surface area contributed by atoms with Crippen molar-refractivity contribution in [3.8, 4) is 0 Å². The lowest BCUT2D eigenvalue weighted by Gasteiger charge is -2.41. The zero-order chi connectivity index (χ0) is 24.2. The van der Waals surface area contributed by atoms with Gasteiger partial charge in [-0.15, -0.1) is 0 Å². The zero-order valence-corrected chi connectivity index (χ0v) is 21.0. The fourth-order valence-corrected chi connectivity index (χ4v) is 4.97. The van der Waals surface area contributed by atoms with E-state index >= 15 is 0 Å². The molecule has 3 amide bonds. The Morgan fingerprint density at radius 3 is 2.48 bits per heavy atom. The van der Waals surface area contributed by atoms with Gasteiger partial charge in [0, 0.05) is 18.8 Å². The Hall–Kier alpha value is -1.50. The number of carbonyl (C=O) groups is 3. The molecule has 2 atom stereocenters. The first-order valence-corrected chi connectivity index (χ1v) is 12.3. The number of ether oxygens (including phenoxy) is 1. The van der Waals surface area contributed by atoms with E-state index in [1.807, 2.05) is 6.07 Å². The van der Waals surface area contributed by atoms with Crippen LogP contribution < -0.4 is 0 Å². The normalized spacial score (nSPS) is 21.1. The molecule has 1 N–H and O–H groups in total. The second-order valence-corrected chi connectivity index (χ2v) is 11.1. The Kier molecular flexibility index (Phi) is 8.93. The average molecular weight is 557 g/mol. The number of piperidine rings is 1. The predicted molar refractivity (Wildman–Crippen MR) is 128 cm³/mol. The third-order valence-corrected chi connectivity index (χ3v) is 6.70. The molecule has 14 heteroatoms. The standard InChI is InChI=1S/C19H20Cl3N3O6S2/c20-19(21,22)31-17(29)25(30-11-12-4-2-1-3-5-12)13-6-7-14(24(10-13)16(27)28)15(26)23-8-9-33-18(23)32/h1-5,13-14H,6-11H2,(H,27,28)/t13-,14+/m1/s1. The summed E-state index contributed by atoms with van der Waals surface area (Å²) in [4.78, 5) is 45.7. The Labute approximate surface area is 214 Å². The number of carboxylic acid groups (broad SMARTS) is 1. The first kappa shape index (κ1) is 26.1. The van der Waals surface area contributed by atoms with Gasteiger partial charge in [0.05, 0.1) is 6.04 Å². The third kappa shape index (κ3) is 7.00. The van der Waals surface area contributed by atoms with Gasteiger partial charge in [0.25, 0.3) is 5.91 Å². The Bertz CT molecular complexity index is 905. The number of thiocarbonyl (C=S) groups is 1. The molecule has 1 aromatic carbocycles. The van der Waals surface area contributed by atoms with Crippen LogP contribution in [0, 0.1) is 0 Å². The Balaban J connectivity index is 1.77. The number of alkyl halides is 3. The molecule has 2 aliphatic rings. The molecule has 180 valence electrons. The van der Waals surface area contributed by atoms with Crippen molar-refractivity contribution >= 4 is 81.2 Å². The van der Waals surface area contributed by atoms with Crippen molar-refractivity contribution < 1.29 is 29.1 Å². The van der Waals surface area contributed by atoms with E-state index in [1.54, 1.807) is 24.3 Å². The summed E-state index contributed by atoms with van der Waals surface area (Å²) in [5.41, 5.74) is 0.753. The van der Waals surface area contributed by atoms with E-state index < -0.39 is 28.2 Å². The highest BCUT2D eigenvalue weighted by molar-refractivity contribution is 8.23. The van der Waals surface area contributed by atoms with Crippen molar-refractivity contribution in [3.63, 3.8) is 0 Å². The van der Waals surface area contributed by atoms with Crippen LogP contribution in [0.4, 0.5) is 9.59 Å². The van der Waals surface area contributed by atoms with Crippen LogP contribution in [-0.4, -0.2) is 77.3 Å². The molecule has 0 radical (unpaired) electrons. The van der Waals surface area contributed by atoms with Crippen molar-refractivity contribution in [2.24, 2.45) is 0 Å². The summed E-state index contributed by atoms with van der Waals surface area (Å²) in [5.74, 6) is 0.281. The van der Waals surface area contributed by atoms with Gasteiger partial charge in [-0.25, -0.2) is 9.59 Å². The number of nitrogens with zero attached hydrogens (tertiary/aromatic N) is 3. The number of benzene rings is 1. The summed E-state index contributed by atoms with van der Waals surface area (Å²) in [6.07, 6.45) is -2.01. The molecule has 0 aliphatic carbocycles. The maximum Gasteiger partial charge on any atom is 0.437 e. The van der Waals surface area contributed by atoms with E-state index in [2.05, 4.69) is 0 Å². The largest absolute Gasteiger partial charge is 0.465 e. The minimum Gasteiger partial charge on any atom is -0.465 e. The molecule has 0 saturated carbocycles. The molecule has 9 nitrogen and oxygen atoms in total. The molecule has 0 spiro atoms. The summed E-state index contributed by atoms with van der Waals surface area (Å²) in [7, 11) is 0. The van der Waals surface area contributed by atoms with E-state index in [1.165, 1.54) is 16.7 Å². The summed E-state index contributed by atoms with van der Waals surface area (Å²) in [5, 5.41) is 10.6. The topological polar surface area (TPSA) is 99.6 Å². The number of hydrogen-bond donors (Lipinski definition) is 1. The second kappa shape index (κ2) is 11.3. The van der Waals surface area contributed by atoms with Crippen LogP contribution in [0.2, 0.25) is 0 Å². The Morgan fingerprint density at radius 2 is 1.91 bits per heavy atom. The summed E-state index contributed by atoms with van der Waals surface area (Å²) in [6.45, 7) is 0.210. The van der Waals surface area contributed by atoms with Crippen LogP contribution in [0.5, 0.6) is 0 Å². The lowest BCUT2D eigenvalue weighted by Crippen LogP contribution is -2.59. The molecule has 0 bridgehead atoms. The summed E-state index contributed by atoms with van der Waals surface area (Å²) >= 11 is 23.4. The van der Waals surface area contributed by atoms with E-state index in [-0.39, 0.29) is 31.9 Å². The minimum absolute atomic E-state index is 0.0129. The molecule has 1 aromatic rings. The van der Waals surface area contributed by atoms with E-state index in [9.17, 15) is 19.5 Å². The molecule has 2 saturated heterocycles. The van der Waals surface area contributed by atoms with Gasteiger partial charge >= 0.3 is 16.2 Å². The van der Waals surface area contributed by atoms with Crippen LogP contribution in [0.15, 0.2) is 30.3 Å². The first-order valence-electron chi connectivity index (χ1n) is 9.80. The zero-order valence-electron chi connectivity index (χ0n) is 17.1. The second-order valence-electron chi connectivity index (χ2n) is 7.18. The third-order valence-electron chi connectivity index (χ3n) is 5.04. The SMILES string of the molecule is O=C([C@@H]1CC[C@@H](N(OCc2ccccc2)C(=O)OC(Cl)(Cl)Cl)CN1C(=O)O)N1CCSC1=S. The fourth-order valence-electron chi connectivity index (χ4n) is 3.55. The molecule has 2 aliphatic heterocycles. The lowest BCUT2D eigenvalue weighted by atomic mass is 9.97. The quantitative estimate of drug-likeness (QED) is 0.326. The van der Waals surface area contributed by atoms with Crippen LogP contribution in [0.25, 0.3) is 0 Å². The number of thioether (sulfide) groups is 1. The van der Waals surface area contributed by atoms with Gasteiger partial charge in [0.1, 0.15) is 17.0 Å². The molecule has 2 fully saturated rings. The lowest BCUT2D eigenvalue weighted by molar-refractivity contribution is -0.182. The number of halogens is 3. The first-order chi connectivity index (χ1) is 15.6. The van der Waals surface area contributed by atoms with E-state index in [0.29, 0.717) is 16.6 Å². The van der Waals surface area contributed by atoms with Gasteiger partial charge in [0.2, 0.25) is 0 Å². The molecular weight excluding hydrogens is 537 g/mol. The molecular formula is C19H20Cl3N3O6S2. The number of hydroxylamine groups is 2. The average Bonchev–Trinajstić information content (AvgIpc) is 3.18. The maximum absolute atomic E-state index is 13.0. The highest BCUT2D eigenvalue weighted by Gasteiger charge is 2.44. The highest BCUT2D eigenvalue weighted by atomic mass is 35.6. The molecule has 33 heavy (non-hydrogen) atoms. The van der Waals surface area contributed by atoms with Gasteiger partial charge in [0.15, 0.2) is 0 Å². The number of amides is 3. The van der Waals surface area contributed by atoms with Crippen LogP contribution in [0.1, 0.15) is 18.4 Å². The summed E-state index contributed by atoms with van der Waals surface area (Å²) < 4.78 is 2.89. The molecule has 3 rings (SSSR count). The number of likely N-dealkylation sites (tertiary alicyclic amines) is 1. The maximum atomic E-state index is 13.0. The van der Waals surface area contributed by atoms with Crippen LogP contribution in [0.3, 0.4) is 0 Å². The fraction of sp³-hybridized carbons (Fsp3) is 0.474. The number of rotatable bonds is 5. The van der Waals surface area contributed by atoms with Crippen molar-refractivity contribution in [2.45, 2.75) is 35.5 Å². The summed E-state index contributed by atoms with van der Waals surface area (Å²) in [6, 6.07) is 7.28. The monoisotopic (exact) mass is 555 g/mol. The number of hydrogen-bond acceptors (Lipinski definition) is 7. The molecule has 0 unspecified atom stereocenters. The van der Waals surface area contributed by atoms with Gasteiger partial charge < -0.3 is 9.84 Å². The van der Waals surface area contributed by atoms with E-state index in [0.717, 1.165) is 15.5 Å². The van der Waals surface area contributed by atoms with Crippen molar-refractivity contribution in [3.05, 3.63) is 35.9 Å². The van der Waals surface area contributed by atoms with Crippen molar-refractivity contribution in [1.29, 1.82) is 0 Å². The predicted octanol–water partition coefficient (Wildman–Crippen LogP) is 4.26. The minimum atomic E-state index is -2.34. The van der Waals surface area contributed by atoms with Gasteiger partial charge in [-0.3, -0.25) is 19.4 Å². The van der Waals surface area contributed by atoms with Crippen LogP contribution >= 0.6 is 58.8 Å². The van der Waals surface area contributed by atoms with Crippen molar-refractivity contribution in [1.82, 2.24) is 14.9 Å². The Morgan fingerprint density at radius 1 is 1.21 bits per heavy atom.